The lowest BCUT2D eigenvalue weighted by molar-refractivity contribution is -0.141. The fourth-order valence-corrected chi connectivity index (χ4v) is 3.73. The number of benzene rings is 1. The Labute approximate surface area is 220 Å². The van der Waals surface area contributed by atoms with E-state index in [0.29, 0.717) is 17.7 Å². The number of rotatable bonds is 14. The first-order valence-corrected chi connectivity index (χ1v) is 12.4. The van der Waals surface area contributed by atoms with Crippen molar-refractivity contribution in [3.8, 4) is 5.75 Å². The number of nitrogens with one attached hydrogen (secondary N) is 4. The standard InChI is InChI=1S/C24H34N6O6S/c1-3-13(2)20(30-21(32)17(25)9-15-10-26-12-27-15)23(34)28-18(8-14-4-6-16(31)7-5-14)22(33)29-19(11-37)24(35)36/h4-7,10,12-13,17-20,31,37H,3,8-9,11,25H2,1-2H3,(H,26,27)(H,28,34)(H,29,33)(H,30,32)(H,35,36). The summed E-state index contributed by atoms with van der Waals surface area (Å²) in [6.45, 7) is 3.63. The largest absolute Gasteiger partial charge is 0.508 e. The van der Waals surface area contributed by atoms with Gasteiger partial charge in [-0.25, -0.2) is 9.78 Å². The van der Waals surface area contributed by atoms with Crippen LogP contribution in [-0.2, 0) is 32.0 Å². The van der Waals surface area contributed by atoms with Gasteiger partial charge >= 0.3 is 5.97 Å². The second-order valence-corrected chi connectivity index (χ2v) is 9.14. The average molecular weight is 535 g/mol. The number of hydrogen-bond donors (Lipinski definition) is 8. The molecule has 0 saturated carbocycles. The lowest BCUT2D eigenvalue weighted by Gasteiger charge is -2.28. The smallest absolute Gasteiger partial charge is 0.327 e. The quantitative estimate of drug-likeness (QED) is 0.152. The summed E-state index contributed by atoms with van der Waals surface area (Å²) in [7, 11) is 0. The van der Waals surface area contributed by atoms with Crippen molar-refractivity contribution in [3.63, 3.8) is 0 Å². The zero-order valence-electron chi connectivity index (χ0n) is 20.7. The highest BCUT2D eigenvalue weighted by atomic mass is 32.1. The van der Waals surface area contributed by atoms with Gasteiger partial charge in [-0.2, -0.15) is 12.6 Å². The number of aromatic nitrogens is 2. The Morgan fingerprint density at radius 2 is 1.68 bits per heavy atom. The van der Waals surface area contributed by atoms with Crippen molar-refractivity contribution in [2.45, 2.75) is 57.3 Å². The minimum atomic E-state index is -1.27. The Kier molecular flexibility index (Phi) is 11.4. The number of aromatic hydroxyl groups is 1. The zero-order valence-corrected chi connectivity index (χ0v) is 21.6. The number of imidazole rings is 1. The lowest BCUT2D eigenvalue weighted by Crippen LogP contribution is -2.59. The third-order valence-corrected chi connectivity index (χ3v) is 6.30. The monoisotopic (exact) mass is 534 g/mol. The van der Waals surface area contributed by atoms with Gasteiger partial charge in [-0.15, -0.1) is 0 Å². The number of carboxylic acids is 1. The van der Waals surface area contributed by atoms with E-state index < -0.39 is 47.9 Å². The van der Waals surface area contributed by atoms with Gasteiger partial charge in [-0.3, -0.25) is 14.4 Å². The van der Waals surface area contributed by atoms with Crippen molar-refractivity contribution in [1.82, 2.24) is 25.9 Å². The van der Waals surface area contributed by atoms with Crippen molar-refractivity contribution in [3.05, 3.63) is 48.0 Å². The number of carboxylic acid groups (broad SMARTS) is 1. The summed E-state index contributed by atoms with van der Waals surface area (Å²) >= 11 is 3.96. The fourth-order valence-electron chi connectivity index (χ4n) is 3.48. The molecule has 13 heteroatoms. The fraction of sp³-hybridized carbons (Fsp3) is 0.458. The van der Waals surface area contributed by atoms with Gasteiger partial charge < -0.3 is 36.9 Å². The summed E-state index contributed by atoms with van der Waals surface area (Å²) in [6.07, 6.45) is 3.76. The zero-order chi connectivity index (χ0) is 27.5. The number of H-pyrrole nitrogens is 1. The number of amides is 3. The van der Waals surface area contributed by atoms with E-state index in [1.807, 2.05) is 6.92 Å². The Balaban J connectivity index is 2.21. The van der Waals surface area contributed by atoms with Gasteiger partial charge in [-0.05, 0) is 23.6 Å². The Morgan fingerprint density at radius 3 is 2.22 bits per heavy atom. The van der Waals surface area contributed by atoms with Crippen molar-refractivity contribution in [2.24, 2.45) is 11.7 Å². The molecule has 12 nitrogen and oxygen atoms in total. The second kappa shape index (κ2) is 14.2. The summed E-state index contributed by atoms with van der Waals surface area (Å²) in [5.74, 6) is -3.59. The average Bonchev–Trinajstić information content (AvgIpc) is 3.38. The minimum absolute atomic E-state index is 0.0112. The first kappa shape index (κ1) is 29.6. The molecular weight excluding hydrogens is 500 g/mol. The van der Waals surface area contributed by atoms with E-state index in [1.54, 1.807) is 25.3 Å². The van der Waals surface area contributed by atoms with Gasteiger partial charge in [0, 0.05) is 30.5 Å². The third-order valence-electron chi connectivity index (χ3n) is 5.93. The Hall–Kier alpha value is -3.58. The first-order chi connectivity index (χ1) is 17.5. The van der Waals surface area contributed by atoms with Gasteiger partial charge in [0.1, 0.15) is 23.9 Å². The number of aliphatic carboxylic acids is 1. The molecule has 202 valence electrons. The summed E-state index contributed by atoms with van der Waals surface area (Å²) < 4.78 is 0. The maximum absolute atomic E-state index is 13.3. The van der Waals surface area contributed by atoms with E-state index in [-0.39, 0.29) is 30.3 Å². The number of nitrogens with two attached hydrogens (primary N) is 1. The highest BCUT2D eigenvalue weighted by Gasteiger charge is 2.32. The maximum atomic E-state index is 13.3. The van der Waals surface area contributed by atoms with Crippen LogP contribution in [0.1, 0.15) is 31.5 Å². The molecule has 5 unspecified atom stereocenters. The van der Waals surface area contributed by atoms with Crippen LogP contribution in [-0.4, -0.2) is 73.8 Å². The van der Waals surface area contributed by atoms with Gasteiger partial charge in [0.05, 0.1) is 12.4 Å². The second-order valence-electron chi connectivity index (χ2n) is 8.77. The van der Waals surface area contributed by atoms with Crippen LogP contribution in [0, 0.1) is 5.92 Å². The van der Waals surface area contributed by atoms with E-state index in [9.17, 15) is 29.4 Å². The SMILES string of the molecule is CCC(C)C(NC(=O)C(N)Cc1cnc[nH]1)C(=O)NC(Cc1ccc(O)cc1)C(=O)NC(CS)C(=O)O. The van der Waals surface area contributed by atoms with Crippen molar-refractivity contribution < 1.29 is 29.4 Å². The molecule has 1 heterocycles. The van der Waals surface area contributed by atoms with E-state index in [0.717, 1.165) is 0 Å². The molecule has 5 atom stereocenters. The molecule has 2 aromatic rings. The lowest BCUT2D eigenvalue weighted by atomic mass is 9.96. The summed E-state index contributed by atoms with van der Waals surface area (Å²) in [5.41, 5.74) is 7.30. The number of phenolic OH excluding ortho intramolecular Hbond substituents is 1. The molecule has 0 aliphatic heterocycles. The molecule has 0 aliphatic rings. The molecule has 37 heavy (non-hydrogen) atoms. The molecule has 0 saturated heterocycles. The number of aromatic amines is 1. The van der Waals surface area contributed by atoms with E-state index in [2.05, 4.69) is 38.5 Å². The van der Waals surface area contributed by atoms with Crippen LogP contribution in [0.25, 0.3) is 0 Å². The van der Waals surface area contributed by atoms with Gasteiger partial charge in [0.15, 0.2) is 0 Å². The van der Waals surface area contributed by atoms with Crippen LogP contribution in [0.5, 0.6) is 5.75 Å². The topological polar surface area (TPSA) is 200 Å². The number of nitrogens with zero attached hydrogens (tertiary/aromatic N) is 1. The third kappa shape index (κ3) is 9.10. The normalized spacial score (nSPS) is 15.0. The first-order valence-electron chi connectivity index (χ1n) is 11.8. The molecule has 0 fully saturated rings. The number of carbonyl (C=O) groups excluding carboxylic acids is 3. The van der Waals surface area contributed by atoms with Gasteiger partial charge in [0.2, 0.25) is 17.7 Å². The molecule has 2 rings (SSSR count). The predicted octanol–water partition coefficient (Wildman–Crippen LogP) is -0.257. The Bertz CT molecular complexity index is 1050. The molecule has 3 amide bonds. The molecule has 0 radical (unpaired) electrons. The number of hydrogen-bond acceptors (Lipinski definition) is 8. The molecule has 0 spiro atoms. The van der Waals surface area contributed by atoms with Crippen LogP contribution >= 0.6 is 12.6 Å². The van der Waals surface area contributed by atoms with E-state index in [4.69, 9.17) is 5.73 Å². The molecule has 0 aliphatic carbocycles. The van der Waals surface area contributed by atoms with Crippen LogP contribution in [0.15, 0.2) is 36.8 Å². The van der Waals surface area contributed by atoms with Crippen LogP contribution in [0.3, 0.4) is 0 Å². The minimum Gasteiger partial charge on any atom is -0.508 e. The van der Waals surface area contributed by atoms with E-state index in [1.165, 1.54) is 18.5 Å². The maximum Gasteiger partial charge on any atom is 0.327 e. The molecule has 1 aromatic heterocycles. The van der Waals surface area contributed by atoms with Crippen molar-refractivity contribution in [2.75, 3.05) is 5.75 Å². The van der Waals surface area contributed by atoms with Crippen LogP contribution in [0.4, 0.5) is 0 Å². The Morgan fingerprint density at radius 1 is 1.03 bits per heavy atom. The van der Waals surface area contributed by atoms with Gasteiger partial charge in [0.25, 0.3) is 0 Å². The van der Waals surface area contributed by atoms with Crippen LogP contribution < -0.4 is 21.7 Å². The molecule has 0 bridgehead atoms. The highest BCUT2D eigenvalue weighted by molar-refractivity contribution is 7.80. The number of carbonyl (C=O) groups is 4. The van der Waals surface area contributed by atoms with Crippen LogP contribution in [0.2, 0.25) is 0 Å². The van der Waals surface area contributed by atoms with Crippen molar-refractivity contribution >= 4 is 36.3 Å². The number of phenols is 1. The predicted molar refractivity (Wildman–Crippen MR) is 139 cm³/mol. The van der Waals surface area contributed by atoms with Gasteiger partial charge in [-0.1, -0.05) is 32.4 Å². The molecule has 8 N–H and O–H groups in total. The summed E-state index contributed by atoms with van der Waals surface area (Å²) in [4.78, 5) is 57.3. The highest BCUT2D eigenvalue weighted by Crippen LogP contribution is 2.13. The van der Waals surface area contributed by atoms with Crippen molar-refractivity contribution in [1.29, 1.82) is 0 Å². The van der Waals surface area contributed by atoms with E-state index >= 15 is 0 Å². The number of thiol groups is 1. The molecule has 1 aromatic carbocycles. The summed E-state index contributed by atoms with van der Waals surface area (Å²) in [6, 6.07) is 1.66. The summed E-state index contributed by atoms with van der Waals surface area (Å²) in [5, 5.41) is 26.6. The molecular formula is C24H34N6O6S.